The summed E-state index contributed by atoms with van der Waals surface area (Å²) < 4.78 is 27.6. The first-order valence-corrected chi connectivity index (χ1v) is 16.2. The molecule has 256 valence electrons. The van der Waals surface area contributed by atoms with Crippen molar-refractivity contribution < 1.29 is 28.6 Å². The maximum absolute atomic E-state index is 13.8. The molecule has 0 unspecified atom stereocenters. The Morgan fingerprint density at radius 3 is 1.94 bits per heavy atom. The Kier molecular flexibility index (Phi) is 10.3. The number of aryl methyl sites for hydroxylation is 1. The van der Waals surface area contributed by atoms with E-state index in [0.29, 0.717) is 39.5 Å². The maximum atomic E-state index is 13.8. The molecule has 0 saturated heterocycles. The molecule has 1 aliphatic carbocycles. The Labute approximate surface area is 296 Å². The van der Waals surface area contributed by atoms with Gasteiger partial charge in [0.2, 0.25) is 0 Å². The molecular weight excluding hydrogens is 676 g/mol. The largest absolute Gasteiger partial charge is 0.478 e. The number of carboxylic acid groups (broad SMARTS) is 2. The Morgan fingerprint density at radius 2 is 1.33 bits per heavy atom. The molecule has 4 aromatic carbocycles. The number of aromatic carboxylic acids is 2. The highest BCUT2D eigenvalue weighted by molar-refractivity contribution is 6.33. The van der Waals surface area contributed by atoms with Crippen LogP contribution in [0, 0.1) is 18.6 Å². The molecule has 6 aromatic rings. The van der Waals surface area contributed by atoms with Crippen LogP contribution in [0.4, 0.5) is 31.5 Å². The summed E-state index contributed by atoms with van der Waals surface area (Å²) in [4.78, 5) is 35.7. The van der Waals surface area contributed by atoms with E-state index in [0.717, 1.165) is 41.7 Å². The monoisotopic (exact) mass is 705 g/mol. The van der Waals surface area contributed by atoms with E-state index in [1.807, 2.05) is 24.3 Å². The molecule has 2 heterocycles. The van der Waals surface area contributed by atoms with Crippen LogP contribution in [0.5, 0.6) is 0 Å². The molecule has 0 bridgehead atoms. The van der Waals surface area contributed by atoms with Gasteiger partial charge in [-0.2, -0.15) is 0 Å². The fourth-order valence-electron chi connectivity index (χ4n) is 5.31. The minimum absolute atomic E-state index is 0.129. The number of anilines is 4. The van der Waals surface area contributed by atoms with Crippen molar-refractivity contribution >= 4 is 46.3 Å². The lowest BCUT2D eigenvalue weighted by Crippen LogP contribution is -2.04. The number of benzene rings is 4. The molecule has 1 fully saturated rings. The van der Waals surface area contributed by atoms with Crippen LogP contribution in [0.1, 0.15) is 50.6 Å². The van der Waals surface area contributed by atoms with Gasteiger partial charge < -0.3 is 20.8 Å². The Balaban J connectivity index is 0.000000176. The number of aromatic nitrogens is 3. The number of rotatable bonds is 9. The molecule has 1 aliphatic rings. The molecule has 0 aliphatic heterocycles. The average molecular weight is 706 g/mol. The second-order valence-electron chi connectivity index (χ2n) is 11.8. The van der Waals surface area contributed by atoms with E-state index in [1.54, 1.807) is 61.8 Å². The zero-order valence-corrected chi connectivity index (χ0v) is 27.8. The number of carboxylic acids is 2. The predicted molar refractivity (Wildman–Crippen MR) is 192 cm³/mol. The summed E-state index contributed by atoms with van der Waals surface area (Å²) in [5.74, 6) is -2.38. The van der Waals surface area contributed by atoms with Gasteiger partial charge in [0.25, 0.3) is 0 Å². The first-order valence-electron chi connectivity index (χ1n) is 15.8. The van der Waals surface area contributed by atoms with Gasteiger partial charge in [0.1, 0.15) is 11.6 Å². The maximum Gasteiger partial charge on any atom is 0.337 e. The molecule has 51 heavy (non-hydrogen) atoms. The standard InChI is InChI=1S/C20H16ClN3O2.C19H14F2N2O2/c21-17-4-2-1-3-15(17)19-22-10-14(11-23-19)24-18-8-7-13(12-5-6-12)9-16(18)20(25)26;1-11-5-7-16(13(9-11)19(24)25)23-12-6-8-17(22-10-12)18-14(20)3-2-4-15(18)21/h1-4,7-12,24H,5-6H2,(H,25,26);2-10,23H,1H3,(H,24,25). The zero-order valence-electron chi connectivity index (χ0n) is 27.1. The van der Waals surface area contributed by atoms with Gasteiger partial charge in [0.05, 0.1) is 68.7 Å². The molecule has 7 rings (SSSR count). The van der Waals surface area contributed by atoms with E-state index in [2.05, 4.69) is 25.6 Å². The zero-order chi connectivity index (χ0) is 36.1. The quantitative estimate of drug-likeness (QED) is 0.116. The molecule has 9 nitrogen and oxygen atoms in total. The van der Waals surface area contributed by atoms with Crippen molar-refractivity contribution in [3.63, 3.8) is 0 Å². The molecule has 0 atom stereocenters. The third-order valence-electron chi connectivity index (χ3n) is 8.04. The number of hydrogen-bond donors (Lipinski definition) is 4. The Morgan fingerprint density at radius 1 is 0.725 bits per heavy atom. The molecule has 4 N–H and O–H groups in total. The Bertz CT molecular complexity index is 2210. The van der Waals surface area contributed by atoms with Crippen molar-refractivity contribution in [2.45, 2.75) is 25.7 Å². The molecule has 0 amide bonds. The number of halogens is 3. The van der Waals surface area contributed by atoms with Crippen molar-refractivity contribution in [2.75, 3.05) is 10.6 Å². The lowest BCUT2D eigenvalue weighted by Gasteiger charge is -2.11. The van der Waals surface area contributed by atoms with E-state index >= 15 is 0 Å². The van der Waals surface area contributed by atoms with Gasteiger partial charge in [-0.1, -0.05) is 47.5 Å². The van der Waals surface area contributed by atoms with Crippen LogP contribution in [0.25, 0.3) is 22.6 Å². The second-order valence-corrected chi connectivity index (χ2v) is 12.2. The highest BCUT2D eigenvalue weighted by Crippen LogP contribution is 2.41. The second kappa shape index (κ2) is 15.1. The molecule has 0 spiro atoms. The number of nitrogens with one attached hydrogen (secondary N) is 2. The summed E-state index contributed by atoms with van der Waals surface area (Å²) in [5, 5.41) is 25.4. The number of pyridine rings is 1. The van der Waals surface area contributed by atoms with E-state index in [4.69, 9.17) is 11.6 Å². The van der Waals surface area contributed by atoms with Crippen molar-refractivity contribution in [1.29, 1.82) is 0 Å². The fourth-order valence-corrected chi connectivity index (χ4v) is 5.53. The van der Waals surface area contributed by atoms with Crippen molar-refractivity contribution in [1.82, 2.24) is 15.0 Å². The fraction of sp³-hybridized carbons (Fsp3) is 0.103. The molecular formula is C39H30ClF2N5O4. The summed E-state index contributed by atoms with van der Waals surface area (Å²) in [7, 11) is 0. The van der Waals surface area contributed by atoms with Crippen LogP contribution in [-0.4, -0.2) is 37.1 Å². The summed E-state index contributed by atoms with van der Waals surface area (Å²) in [6, 6.07) is 24.6. The van der Waals surface area contributed by atoms with Gasteiger partial charge in [0.15, 0.2) is 5.82 Å². The highest BCUT2D eigenvalue weighted by atomic mass is 35.5. The van der Waals surface area contributed by atoms with Crippen LogP contribution in [0.3, 0.4) is 0 Å². The third kappa shape index (κ3) is 8.34. The van der Waals surface area contributed by atoms with Gasteiger partial charge in [-0.25, -0.2) is 28.3 Å². The summed E-state index contributed by atoms with van der Waals surface area (Å²) >= 11 is 6.17. The topological polar surface area (TPSA) is 137 Å². The first kappa shape index (κ1) is 34.7. The molecule has 0 radical (unpaired) electrons. The number of nitrogens with zero attached hydrogens (tertiary/aromatic N) is 3. The van der Waals surface area contributed by atoms with Gasteiger partial charge in [-0.05, 0) is 91.9 Å². The first-order chi connectivity index (χ1) is 24.6. The van der Waals surface area contributed by atoms with Gasteiger partial charge in [-0.15, -0.1) is 0 Å². The minimum atomic E-state index is -1.05. The van der Waals surface area contributed by atoms with Crippen LogP contribution in [0.15, 0.2) is 110 Å². The lowest BCUT2D eigenvalue weighted by molar-refractivity contribution is 0.0687. The minimum Gasteiger partial charge on any atom is -0.478 e. The average Bonchev–Trinajstić information content (AvgIpc) is 3.97. The number of hydrogen-bond acceptors (Lipinski definition) is 7. The van der Waals surface area contributed by atoms with Gasteiger partial charge in [0, 0.05) is 5.56 Å². The van der Waals surface area contributed by atoms with Gasteiger partial charge >= 0.3 is 11.9 Å². The van der Waals surface area contributed by atoms with Crippen LogP contribution in [-0.2, 0) is 0 Å². The number of carbonyl (C=O) groups is 2. The van der Waals surface area contributed by atoms with Crippen LogP contribution >= 0.6 is 11.6 Å². The van der Waals surface area contributed by atoms with Crippen LogP contribution in [0.2, 0.25) is 5.02 Å². The smallest absolute Gasteiger partial charge is 0.337 e. The highest BCUT2D eigenvalue weighted by Gasteiger charge is 2.25. The lowest BCUT2D eigenvalue weighted by atomic mass is 10.0. The van der Waals surface area contributed by atoms with E-state index in [-0.39, 0.29) is 22.4 Å². The van der Waals surface area contributed by atoms with Crippen LogP contribution < -0.4 is 10.6 Å². The molecule has 1 saturated carbocycles. The van der Waals surface area contributed by atoms with E-state index in [1.165, 1.54) is 18.3 Å². The van der Waals surface area contributed by atoms with Crippen molar-refractivity contribution in [3.05, 3.63) is 148 Å². The molecule has 2 aromatic heterocycles. The summed E-state index contributed by atoms with van der Waals surface area (Å²) in [5.41, 5.74) is 5.05. The SMILES string of the molecule is Cc1ccc(Nc2ccc(-c3c(F)cccc3F)nc2)c(C(=O)O)c1.O=C(O)c1cc(C2CC2)ccc1Nc1cnc(-c2ccccc2Cl)nc1. The molecule has 12 heteroatoms. The summed E-state index contributed by atoms with van der Waals surface area (Å²) in [6.07, 6.45) is 6.89. The van der Waals surface area contributed by atoms with E-state index in [9.17, 15) is 28.6 Å². The Hall–Kier alpha value is -6.20. The third-order valence-corrected chi connectivity index (χ3v) is 8.36. The van der Waals surface area contributed by atoms with Crippen molar-refractivity contribution in [2.24, 2.45) is 0 Å². The van der Waals surface area contributed by atoms with Gasteiger partial charge in [-0.3, -0.25) is 4.98 Å². The van der Waals surface area contributed by atoms with E-state index < -0.39 is 23.6 Å². The van der Waals surface area contributed by atoms with Crippen molar-refractivity contribution in [3.8, 4) is 22.6 Å². The normalized spacial score (nSPS) is 12.0. The predicted octanol–water partition coefficient (Wildman–Crippen LogP) is 9.89. The summed E-state index contributed by atoms with van der Waals surface area (Å²) in [6.45, 7) is 1.80.